The van der Waals surface area contributed by atoms with Crippen LogP contribution in [0.1, 0.15) is 18.4 Å². The molecule has 0 aliphatic rings. The van der Waals surface area contributed by atoms with E-state index in [0.717, 1.165) is 24.9 Å². The Hall–Kier alpha value is -1.04. The molecule has 3 heteroatoms. The van der Waals surface area contributed by atoms with Gasteiger partial charge in [-0.3, -0.25) is 0 Å². The minimum Gasteiger partial charge on any atom is -0.313 e. The zero-order valence-corrected chi connectivity index (χ0v) is 9.15. The number of benzene rings is 1. The summed E-state index contributed by atoms with van der Waals surface area (Å²) in [5.41, 5.74) is 0.902. The van der Waals surface area contributed by atoms with Gasteiger partial charge in [-0.2, -0.15) is 0 Å². The van der Waals surface area contributed by atoms with Gasteiger partial charge in [-0.1, -0.05) is 17.7 Å². The monoisotopic (exact) mass is 225 g/mol. The first kappa shape index (κ1) is 12.0. The predicted molar refractivity (Wildman–Crippen MR) is 61.2 cm³/mol. The lowest BCUT2D eigenvalue weighted by Gasteiger charge is -2.05. The number of nitrogens with one attached hydrogen (secondary N) is 1. The van der Waals surface area contributed by atoms with Gasteiger partial charge >= 0.3 is 0 Å². The van der Waals surface area contributed by atoms with Crippen LogP contribution in [0.15, 0.2) is 18.2 Å². The minimum absolute atomic E-state index is 0.309. The summed E-state index contributed by atoms with van der Waals surface area (Å²) in [5, 5.41) is 3.65. The van der Waals surface area contributed by atoms with Crippen molar-refractivity contribution in [2.24, 2.45) is 0 Å². The van der Waals surface area contributed by atoms with E-state index in [2.05, 4.69) is 11.2 Å². The van der Waals surface area contributed by atoms with E-state index in [4.69, 9.17) is 18.0 Å². The average Bonchev–Trinajstić information content (AvgIpc) is 2.20. The number of rotatable bonds is 5. The number of terminal acetylenes is 1. The van der Waals surface area contributed by atoms with Gasteiger partial charge in [0.2, 0.25) is 0 Å². The summed E-state index contributed by atoms with van der Waals surface area (Å²) in [6.45, 7) is 1.49. The van der Waals surface area contributed by atoms with Crippen molar-refractivity contribution in [3.05, 3.63) is 34.6 Å². The van der Waals surface area contributed by atoms with Gasteiger partial charge in [0.05, 0.1) is 0 Å². The third kappa shape index (κ3) is 4.33. The summed E-state index contributed by atoms with van der Waals surface area (Å²) in [5.74, 6) is 2.26. The van der Waals surface area contributed by atoms with Crippen molar-refractivity contribution < 1.29 is 4.39 Å². The Bertz CT molecular complexity index is 357. The first-order chi connectivity index (χ1) is 7.24. The fraction of sp³-hybridized carbons (Fsp3) is 0.333. The minimum atomic E-state index is -0.309. The molecule has 0 amide bonds. The molecule has 0 aliphatic heterocycles. The fourth-order valence-corrected chi connectivity index (χ4v) is 1.44. The first-order valence-electron chi connectivity index (χ1n) is 4.82. The smallest absolute Gasteiger partial charge is 0.124 e. The van der Waals surface area contributed by atoms with Crippen molar-refractivity contribution in [2.45, 2.75) is 19.4 Å². The van der Waals surface area contributed by atoms with Crippen molar-refractivity contribution in [3.8, 4) is 12.3 Å². The molecule has 0 heterocycles. The van der Waals surface area contributed by atoms with Gasteiger partial charge in [0.1, 0.15) is 5.82 Å². The van der Waals surface area contributed by atoms with Crippen LogP contribution in [0.2, 0.25) is 5.02 Å². The number of hydrogen-bond donors (Lipinski definition) is 1. The maximum atomic E-state index is 12.7. The third-order valence-corrected chi connectivity index (χ3v) is 2.36. The molecule has 1 rings (SSSR count). The Morgan fingerprint density at radius 3 is 2.93 bits per heavy atom. The highest BCUT2D eigenvalue weighted by molar-refractivity contribution is 6.31. The van der Waals surface area contributed by atoms with Crippen molar-refractivity contribution in [3.63, 3.8) is 0 Å². The molecule has 1 aromatic carbocycles. The largest absolute Gasteiger partial charge is 0.313 e. The molecule has 80 valence electrons. The summed E-state index contributed by atoms with van der Waals surface area (Å²) in [7, 11) is 0. The second-order valence-electron chi connectivity index (χ2n) is 3.22. The van der Waals surface area contributed by atoms with Crippen molar-refractivity contribution >= 4 is 11.6 Å². The maximum absolute atomic E-state index is 12.7. The second-order valence-corrected chi connectivity index (χ2v) is 3.63. The summed E-state index contributed by atoms with van der Waals surface area (Å²) < 4.78 is 12.7. The van der Waals surface area contributed by atoms with Crippen LogP contribution in [0.25, 0.3) is 0 Å². The van der Waals surface area contributed by atoms with Crippen LogP contribution in [0.3, 0.4) is 0 Å². The summed E-state index contributed by atoms with van der Waals surface area (Å²) in [6, 6.07) is 4.41. The summed E-state index contributed by atoms with van der Waals surface area (Å²) in [4.78, 5) is 0. The average molecular weight is 226 g/mol. The Morgan fingerprint density at radius 2 is 2.27 bits per heavy atom. The van der Waals surface area contributed by atoms with Crippen molar-refractivity contribution in [2.75, 3.05) is 6.54 Å². The van der Waals surface area contributed by atoms with Crippen LogP contribution >= 0.6 is 11.6 Å². The lowest BCUT2D eigenvalue weighted by Crippen LogP contribution is -2.14. The molecule has 15 heavy (non-hydrogen) atoms. The maximum Gasteiger partial charge on any atom is 0.124 e. The third-order valence-electron chi connectivity index (χ3n) is 2.01. The summed E-state index contributed by atoms with van der Waals surface area (Å²) >= 11 is 5.86. The van der Waals surface area contributed by atoms with E-state index in [9.17, 15) is 4.39 Å². The molecule has 0 bridgehead atoms. The Kier molecular flexibility index (Phi) is 5.17. The van der Waals surface area contributed by atoms with Crippen molar-refractivity contribution in [1.29, 1.82) is 0 Å². The van der Waals surface area contributed by atoms with Gasteiger partial charge in [-0.25, -0.2) is 4.39 Å². The van der Waals surface area contributed by atoms with E-state index in [1.807, 2.05) is 0 Å². The molecule has 1 N–H and O–H groups in total. The number of halogens is 2. The molecule has 0 saturated heterocycles. The van der Waals surface area contributed by atoms with Crippen LogP contribution in [-0.4, -0.2) is 6.54 Å². The SMILES string of the molecule is C#CCCCNCc1ccc(F)cc1Cl. The molecule has 0 aromatic heterocycles. The highest BCUT2D eigenvalue weighted by Crippen LogP contribution is 2.16. The van der Waals surface area contributed by atoms with Gasteiger partial charge < -0.3 is 5.32 Å². The zero-order chi connectivity index (χ0) is 11.1. The molecule has 0 unspecified atom stereocenters. The van der Waals surface area contributed by atoms with Gasteiger partial charge in [-0.05, 0) is 30.7 Å². The Labute approximate surface area is 94.6 Å². The van der Waals surface area contributed by atoms with Crippen LogP contribution < -0.4 is 5.32 Å². The molecule has 0 atom stereocenters. The molecular weight excluding hydrogens is 213 g/mol. The Balaban J connectivity index is 2.35. The van der Waals surface area contributed by atoms with Crippen LogP contribution in [-0.2, 0) is 6.54 Å². The molecular formula is C12H13ClFN. The quantitative estimate of drug-likeness (QED) is 0.600. The van der Waals surface area contributed by atoms with Gasteiger partial charge in [0.25, 0.3) is 0 Å². The second kappa shape index (κ2) is 6.44. The highest BCUT2D eigenvalue weighted by Gasteiger charge is 2.00. The summed E-state index contributed by atoms with van der Waals surface area (Å²) in [6.07, 6.45) is 6.83. The van der Waals surface area contributed by atoms with Crippen LogP contribution in [0.4, 0.5) is 4.39 Å². The molecule has 0 fully saturated rings. The van der Waals surface area contributed by atoms with Gasteiger partial charge in [-0.15, -0.1) is 12.3 Å². The molecule has 0 saturated carbocycles. The van der Waals surface area contributed by atoms with E-state index in [1.54, 1.807) is 6.07 Å². The normalized spacial score (nSPS) is 9.93. The van der Waals surface area contributed by atoms with Crippen LogP contribution in [0, 0.1) is 18.2 Å². The van der Waals surface area contributed by atoms with Gasteiger partial charge in [0, 0.05) is 18.0 Å². The van der Waals surface area contributed by atoms with E-state index in [0.29, 0.717) is 11.6 Å². The lowest BCUT2D eigenvalue weighted by atomic mass is 10.2. The topological polar surface area (TPSA) is 12.0 Å². The first-order valence-corrected chi connectivity index (χ1v) is 5.20. The molecule has 0 radical (unpaired) electrons. The fourth-order valence-electron chi connectivity index (χ4n) is 1.20. The van der Waals surface area contributed by atoms with Gasteiger partial charge in [0.15, 0.2) is 0 Å². The van der Waals surface area contributed by atoms with Crippen molar-refractivity contribution in [1.82, 2.24) is 5.32 Å². The van der Waals surface area contributed by atoms with E-state index < -0.39 is 0 Å². The molecule has 1 aromatic rings. The highest BCUT2D eigenvalue weighted by atomic mass is 35.5. The molecule has 1 nitrogen and oxygen atoms in total. The Morgan fingerprint density at radius 1 is 1.47 bits per heavy atom. The number of unbranched alkanes of at least 4 members (excludes halogenated alkanes) is 1. The number of hydrogen-bond acceptors (Lipinski definition) is 1. The van der Waals surface area contributed by atoms with E-state index in [1.165, 1.54) is 12.1 Å². The predicted octanol–water partition coefficient (Wildman–Crippen LogP) is 2.98. The van der Waals surface area contributed by atoms with E-state index >= 15 is 0 Å². The lowest BCUT2D eigenvalue weighted by molar-refractivity contribution is 0.623. The molecule has 0 spiro atoms. The zero-order valence-electron chi connectivity index (χ0n) is 8.39. The molecule has 0 aliphatic carbocycles. The van der Waals surface area contributed by atoms with Crippen LogP contribution in [0.5, 0.6) is 0 Å². The van der Waals surface area contributed by atoms with E-state index in [-0.39, 0.29) is 5.82 Å². The standard InChI is InChI=1S/C12H13ClFN/c1-2-3-4-7-15-9-10-5-6-11(14)8-12(10)13/h1,5-6,8,15H,3-4,7,9H2.